The van der Waals surface area contributed by atoms with Crippen LogP contribution in [0.4, 0.5) is 0 Å². The van der Waals surface area contributed by atoms with Crippen molar-refractivity contribution in [3.8, 4) is 0 Å². The Balaban J connectivity index is 2.02. The van der Waals surface area contributed by atoms with Gasteiger partial charge in [-0.25, -0.2) is 0 Å². The molecule has 0 amide bonds. The van der Waals surface area contributed by atoms with Gasteiger partial charge in [-0.05, 0) is 68.8 Å². The number of allylic oxidation sites excluding steroid dienone is 4. The first-order valence-corrected chi connectivity index (χ1v) is 6.62. The highest BCUT2D eigenvalue weighted by Gasteiger charge is 2.49. The molecule has 2 saturated carbocycles. The minimum Gasteiger partial charge on any atom is -0.0730 e. The van der Waals surface area contributed by atoms with E-state index in [-0.39, 0.29) is 0 Å². The minimum atomic E-state index is 0.720. The van der Waals surface area contributed by atoms with Crippen molar-refractivity contribution in [2.45, 2.75) is 58.8 Å². The van der Waals surface area contributed by atoms with E-state index in [0.29, 0.717) is 0 Å². The van der Waals surface area contributed by atoms with E-state index < -0.39 is 0 Å². The predicted octanol–water partition coefficient (Wildman–Crippen LogP) is 4.62. The quantitative estimate of drug-likeness (QED) is 0.537. The molecule has 0 N–H and O–H groups in total. The molecule has 0 aliphatic heterocycles. The maximum Gasteiger partial charge on any atom is -0.00814 e. The summed E-state index contributed by atoms with van der Waals surface area (Å²) in [6.45, 7) is 4.74. The van der Waals surface area contributed by atoms with Crippen molar-refractivity contribution >= 4 is 0 Å². The van der Waals surface area contributed by atoms with Gasteiger partial charge in [-0.15, -0.1) is 0 Å². The molecule has 0 aromatic rings. The summed E-state index contributed by atoms with van der Waals surface area (Å²) in [5, 5.41) is 0. The van der Waals surface area contributed by atoms with Crippen molar-refractivity contribution in [2.75, 3.05) is 0 Å². The summed E-state index contributed by atoms with van der Waals surface area (Å²) in [5.41, 5.74) is 5.94. The lowest BCUT2D eigenvalue weighted by atomic mass is 9.81. The second-order valence-electron chi connectivity index (χ2n) is 6.00. The van der Waals surface area contributed by atoms with Crippen LogP contribution >= 0.6 is 0 Å². The first-order chi connectivity index (χ1) is 7.21. The molecule has 2 fully saturated rings. The standard InChI is InChI=1S/C15H22/c1-11-5-6-12(2)13(10-11)14-4-3-7-15(14)8-9-15/h10,12H,3-9H2,1-2H3/b14-13-. The topological polar surface area (TPSA) is 0 Å². The summed E-state index contributed by atoms with van der Waals surface area (Å²) in [6.07, 6.45) is 12.6. The monoisotopic (exact) mass is 202 g/mol. The lowest BCUT2D eigenvalue weighted by Gasteiger charge is -2.24. The van der Waals surface area contributed by atoms with Crippen LogP contribution in [0.3, 0.4) is 0 Å². The van der Waals surface area contributed by atoms with Gasteiger partial charge in [-0.1, -0.05) is 24.1 Å². The molecular weight excluding hydrogens is 180 g/mol. The van der Waals surface area contributed by atoms with E-state index in [9.17, 15) is 0 Å². The van der Waals surface area contributed by atoms with Crippen LogP contribution < -0.4 is 0 Å². The van der Waals surface area contributed by atoms with Gasteiger partial charge in [0.1, 0.15) is 0 Å². The van der Waals surface area contributed by atoms with Gasteiger partial charge in [0.15, 0.2) is 0 Å². The fourth-order valence-corrected chi connectivity index (χ4v) is 3.64. The fourth-order valence-electron chi connectivity index (χ4n) is 3.64. The summed E-state index contributed by atoms with van der Waals surface area (Å²) in [5.74, 6) is 0.833. The Morgan fingerprint density at radius 3 is 2.73 bits per heavy atom. The molecule has 15 heavy (non-hydrogen) atoms. The Morgan fingerprint density at radius 1 is 1.20 bits per heavy atom. The zero-order valence-corrected chi connectivity index (χ0v) is 10.1. The molecule has 3 aliphatic carbocycles. The van der Waals surface area contributed by atoms with Gasteiger partial charge in [0.05, 0.1) is 0 Å². The molecule has 3 aliphatic rings. The maximum atomic E-state index is 2.52. The van der Waals surface area contributed by atoms with Crippen LogP contribution in [-0.4, -0.2) is 0 Å². The van der Waals surface area contributed by atoms with Crippen LogP contribution in [0.2, 0.25) is 0 Å². The molecule has 0 radical (unpaired) electrons. The van der Waals surface area contributed by atoms with Gasteiger partial charge in [0, 0.05) is 0 Å². The van der Waals surface area contributed by atoms with E-state index in [0.717, 1.165) is 11.3 Å². The van der Waals surface area contributed by atoms with Gasteiger partial charge in [-0.2, -0.15) is 0 Å². The number of hydrogen-bond acceptors (Lipinski definition) is 0. The van der Waals surface area contributed by atoms with Crippen LogP contribution in [0.15, 0.2) is 22.8 Å². The number of rotatable bonds is 0. The second kappa shape index (κ2) is 3.23. The van der Waals surface area contributed by atoms with Gasteiger partial charge < -0.3 is 0 Å². The van der Waals surface area contributed by atoms with Crippen LogP contribution in [-0.2, 0) is 0 Å². The summed E-state index contributed by atoms with van der Waals surface area (Å²) in [4.78, 5) is 0. The normalized spacial score (nSPS) is 38.3. The summed E-state index contributed by atoms with van der Waals surface area (Å²) >= 11 is 0. The molecule has 0 bridgehead atoms. The fraction of sp³-hybridized carbons (Fsp3) is 0.733. The Labute approximate surface area is 93.5 Å². The molecule has 0 aromatic heterocycles. The Kier molecular flexibility index (Phi) is 2.09. The van der Waals surface area contributed by atoms with Crippen LogP contribution in [0.1, 0.15) is 58.8 Å². The lowest BCUT2D eigenvalue weighted by Crippen LogP contribution is -2.10. The average molecular weight is 202 g/mol. The predicted molar refractivity (Wildman–Crippen MR) is 64.7 cm³/mol. The highest BCUT2D eigenvalue weighted by Crippen LogP contribution is 2.62. The third-order valence-electron chi connectivity index (χ3n) is 4.83. The smallest absolute Gasteiger partial charge is 0.00814 e. The van der Waals surface area contributed by atoms with E-state index >= 15 is 0 Å². The molecule has 0 nitrogen and oxygen atoms in total. The van der Waals surface area contributed by atoms with Crippen molar-refractivity contribution in [1.82, 2.24) is 0 Å². The largest absolute Gasteiger partial charge is 0.0730 e. The van der Waals surface area contributed by atoms with E-state index in [2.05, 4.69) is 19.9 Å². The highest BCUT2D eigenvalue weighted by molar-refractivity contribution is 5.40. The molecule has 0 aromatic carbocycles. The zero-order chi connectivity index (χ0) is 10.5. The Hall–Kier alpha value is -0.520. The van der Waals surface area contributed by atoms with Crippen LogP contribution in [0, 0.1) is 11.3 Å². The molecular formula is C15H22. The molecule has 0 heterocycles. The highest BCUT2D eigenvalue weighted by atomic mass is 14.5. The van der Waals surface area contributed by atoms with Crippen LogP contribution in [0.25, 0.3) is 0 Å². The Bertz CT molecular complexity index is 339. The van der Waals surface area contributed by atoms with Crippen molar-refractivity contribution in [1.29, 1.82) is 0 Å². The summed E-state index contributed by atoms with van der Waals surface area (Å²) in [7, 11) is 0. The number of hydrogen-bond donors (Lipinski definition) is 0. The summed E-state index contributed by atoms with van der Waals surface area (Å²) in [6, 6.07) is 0. The van der Waals surface area contributed by atoms with Crippen molar-refractivity contribution in [3.63, 3.8) is 0 Å². The molecule has 0 saturated heterocycles. The Morgan fingerprint density at radius 2 is 2.00 bits per heavy atom. The van der Waals surface area contributed by atoms with Gasteiger partial charge in [0.25, 0.3) is 0 Å². The van der Waals surface area contributed by atoms with Gasteiger partial charge in [0.2, 0.25) is 0 Å². The maximum absolute atomic E-state index is 2.52. The molecule has 1 atom stereocenters. The second-order valence-corrected chi connectivity index (χ2v) is 6.00. The molecule has 3 rings (SSSR count). The zero-order valence-electron chi connectivity index (χ0n) is 10.1. The van der Waals surface area contributed by atoms with Gasteiger partial charge in [-0.3, -0.25) is 0 Å². The first-order valence-electron chi connectivity index (χ1n) is 6.62. The van der Waals surface area contributed by atoms with Crippen molar-refractivity contribution < 1.29 is 0 Å². The van der Waals surface area contributed by atoms with E-state index in [1.165, 1.54) is 44.9 Å². The van der Waals surface area contributed by atoms with E-state index in [1.807, 2.05) is 5.57 Å². The van der Waals surface area contributed by atoms with E-state index in [4.69, 9.17) is 0 Å². The third kappa shape index (κ3) is 1.49. The van der Waals surface area contributed by atoms with Crippen molar-refractivity contribution in [2.24, 2.45) is 11.3 Å². The lowest BCUT2D eigenvalue weighted by molar-refractivity contribution is 0.565. The van der Waals surface area contributed by atoms with E-state index in [1.54, 1.807) is 11.1 Å². The average Bonchev–Trinajstić information content (AvgIpc) is 2.84. The molecule has 0 heteroatoms. The summed E-state index contributed by atoms with van der Waals surface area (Å²) < 4.78 is 0. The third-order valence-corrected chi connectivity index (χ3v) is 4.83. The molecule has 1 spiro atoms. The van der Waals surface area contributed by atoms with Crippen LogP contribution in [0.5, 0.6) is 0 Å². The SMILES string of the molecule is CC1=C/C(=C2\CCCC23CC3)C(C)CC1. The molecule has 1 unspecified atom stereocenters. The first kappa shape index (κ1) is 9.69. The minimum absolute atomic E-state index is 0.720. The van der Waals surface area contributed by atoms with Crippen molar-refractivity contribution in [3.05, 3.63) is 22.8 Å². The van der Waals surface area contributed by atoms with Gasteiger partial charge >= 0.3 is 0 Å². The molecule has 82 valence electrons.